The summed E-state index contributed by atoms with van der Waals surface area (Å²) in [6.45, 7) is 0.719. The van der Waals surface area contributed by atoms with E-state index in [1.54, 1.807) is 0 Å². The minimum Gasteiger partial charge on any atom is -0.457 e. The number of benzene rings is 3. The predicted octanol–water partition coefficient (Wildman–Crippen LogP) is 5.10. The topological polar surface area (TPSA) is 18.5 Å². The fourth-order valence-corrected chi connectivity index (χ4v) is 4.44. The Hall–Kier alpha value is -2.58. The standard InChI is InChI=1S/C23H20O2/c1-3-9-17(10-4-1)22-19-13-7-8-14-21(19)25-23(20(22)15-16-24-23)18-11-5-2-6-12-18/h1-14,20,22H,15-16H2/t20-,22+,23+/m1/s1. The fraction of sp³-hybridized carbons (Fsp3) is 0.217. The molecule has 1 saturated heterocycles. The van der Waals surface area contributed by atoms with Crippen molar-refractivity contribution in [1.29, 1.82) is 0 Å². The van der Waals surface area contributed by atoms with Crippen molar-refractivity contribution in [3.8, 4) is 5.75 Å². The molecular formula is C23H20O2. The van der Waals surface area contributed by atoms with Gasteiger partial charge in [0.25, 0.3) is 0 Å². The van der Waals surface area contributed by atoms with Gasteiger partial charge in [-0.15, -0.1) is 0 Å². The molecule has 0 bridgehead atoms. The van der Waals surface area contributed by atoms with Crippen molar-refractivity contribution < 1.29 is 9.47 Å². The van der Waals surface area contributed by atoms with E-state index < -0.39 is 5.79 Å². The Bertz CT molecular complexity index is 875. The van der Waals surface area contributed by atoms with E-state index in [-0.39, 0.29) is 11.8 Å². The highest BCUT2D eigenvalue weighted by Gasteiger charge is 2.55. The van der Waals surface area contributed by atoms with Crippen molar-refractivity contribution in [2.45, 2.75) is 18.1 Å². The van der Waals surface area contributed by atoms with Gasteiger partial charge in [-0.2, -0.15) is 0 Å². The van der Waals surface area contributed by atoms with Crippen molar-refractivity contribution in [1.82, 2.24) is 0 Å². The summed E-state index contributed by atoms with van der Waals surface area (Å²) in [6.07, 6.45) is 0.989. The summed E-state index contributed by atoms with van der Waals surface area (Å²) in [5, 5.41) is 0. The predicted molar refractivity (Wildman–Crippen MR) is 97.5 cm³/mol. The molecule has 0 saturated carbocycles. The molecule has 0 amide bonds. The molecule has 3 aromatic carbocycles. The van der Waals surface area contributed by atoms with Crippen molar-refractivity contribution in [3.63, 3.8) is 0 Å². The number of hydrogen-bond donors (Lipinski definition) is 0. The first-order valence-corrected chi connectivity index (χ1v) is 8.91. The van der Waals surface area contributed by atoms with Gasteiger partial charge >= 0.3 is 0 Å². The van der Waals surface area contributed by atoms with Gasteiger partial charge in [-0.25, -0.2) is 0 Å². The van der Waals surface area contributed by atoms with Gasteiger partial charge in [0.15, 0.2) is 0 Å². The maximum atomic E-state index is 6.56. The fourth-order valence-electron chi connectivity index (χ4n) is 4.44. The number of hydrogen-bond acceptors (Lipinski definition) is 2. The molecule has 0 unspecified atom stereocenters. The van der Waals surface area contributed by atoms with Crippen LogP contribution in [0.15, 0.2) is 84.9 Å². The Morgan fingerprint density at radius 1 is 0.760 bits per heavy atom. The van der Waals surface area contributed by atoms with E-state index in [4.69, 9.17) is 9.47 Å². The van der Waals surface area contributed by atoms with Crippen LogP contribution in [-0.4, -0.2) is 6.61 Å². The van der Waals surface area contributed by atoms with Crippen molar-refractivity contribution in [2.24, 2.45) is 5.92 Å². The highest BCUT2D eigenvalue weighted by atomic mass is 16.7. The molecule has 124 valence electrons. The lowest BCUT2D eigenvalue weighted by molar-refractivity contribution is -0.193. The highest BCUT2D eigenvalue weighted by Crippen LogP contribution is 2.56. The van der Waals surface area contributed by atoms with Crippen LogP contribution in [0.2, 0.25) is 0 Å². The third-order valence-electron chi connectivity index (χ3n) is 5.49. The summed E-state index contributed by atoms with van der Waals surface area (Å²) in [4.78, 5) is 0. The van der Waals surface area contributed by atoms with Crippen LogP contribution in [0.5, 0.6) is 5.75 Å². The first kappa shape index (κ1) is 14.7. The molecule has 0 aliphatic carbocycles. The van der Waals surface area contributed by atoms with Crippen LogP contribution in [0.1, 0.15) is 29.0 Å². The zero-order valence-corrected chi connectivity index (χ0v) is 14.0. The van der Waals surface area contributed by atoms with E-state index in [2.05, 4.69) is 72.8 Å². The quantitative estimate of drug-likeness (QED) is 0.651. The molecule has 3 atom stereocenters. The van der Waals surface area contributed by atoms with Gasteiger partial charge in [0, 0.05) is 23.0 Å². The third-order valence-corrected chi connectivity index (χ3v) is 5.49. The maximum Gasteiger partial charge on any atom is 0.241 e. The van der Waals surface area contributed by atoms with Gasteiger partial charge in [-0.05, 0) is 18.1 Å². The molecule has 2 heterocycles. The maximum absolute atomic E-state index is 6.56. The molecule has 2 aliphatic heterocycles. The molecule has 2 nitrogen and oxygen atoms in total. The lowest BCUT2D eigenvalue weighted by Gasteiger charge is -2.44. The minimum absolute atomic E-state index is 0.257. The van der Waals surface area contributed by atoms with Crippen molar-refractivity contribution >= 4 is 0 Å². The normalized spacial score (nSPS) is 27.2. The largest absolute Gasteiger partial charge is 0.457 e. The monoisotopic (exact) mass is 328 g/mol. The first-order chi connectivity index (χ1) is 12.4. The molecule has 3 aromatic rings. The van der Waals surface area contributed by atoms with Crippen LogP contribution in [0.4, 0.5) is 0 Å². The Balaban J connectivity index is 1.73. The highest BCUT2D eigenvalue weighted by molar-refractivity contribution is 5.47. The van der Waals surface area contributed by atoms with Crippen LogP contribution >= 0.6 is 0 Å². The second-order valence-electron chi connectivity index (χ2n) is 6.81. The first-order valence-electron chi connectivity index (χ1n) is 8.91. The zero-order chi connectivity index (χ0) is 16.7. The van der Waals surface area contributed by atoms with E-state index in [0.717, 1.165) is 24.3 Å². The molecule has 2 aliphatic rings. The zero-order valence-electron chi connectivity index (χ0n) is 14.0. The Kier molecular flexibility index (Phi) is 3.39. The molecule has 2 heteroatoms. The summed E-state index contributed by atoms with van der Waals surface area (Å²) in [6, 6.07) is 29.5. The Morgan fingerprint density at radius 3 is 2.24 bits per heavy atom. The van der Waals surface area contributed by atoms with E-state index >= 15 is 0 Å². The number of rotatable bonds is 2. The van der Waals surface area contributed by atoms with E-state index in [0.29, 0.717) is 0 Å². The van der Waals surface area contributed by atoms with Gasteiger partial charge in [0.2, 0.25) is 5.79 Å². The molecule has 25 heavy (non-hydrogen) atoms. The second-order valence-corrected chi connectivity index (χ2v) is 6.81. The molecule has 1 fully saturated rings. The van der Waals surface area contributed by atoms with Crippen LogP contribution in [0.3, 0.4) is 0 Å². The summed E-state index contributed by atoms with van der Waals surface area (Å²) < 4.78 is 12.9. The molecule has 0 radical (unpaired) electrons. The summed E-state index contributed by atoms with van der Waals surface area (Å²) in [5.41, 5.74) is 3.69. The molecular weight excluding hydrogens is 308 g/mol. The molecule has 0 N–H and O–H groups in total. The summed E-state index contributed by atoms with van der Waals surface area (Å²) in [5.74, 6) is 0.759. The SMILES string of the molecule is c1ccc([C@H]2c3ccccc3O[C@]3(c4ccccc4)OCC[C@H]23)cc1. The number of para-hydroxylation sites is 1. The number of fused-ring (bicyclic) bond motifs is 2. The van der Waals surface area contributed by atoms with Gasteiger partial charge in [-0.1, -0.05) is 78.9 Å². The van der Waals surface area contributed by atoms with Crippen LogP contribution in [0, 0.1) is 5.92 Å². The van der Waals surface area contributed by atoms with Crippen LogP contribution in [0.25, 0.3) is 0 Å². The smallest absolute Gasteiger partial charge is 0.241 e. The number of ether oxygens (including phenoxy) is 2. The van der Waals surface area contributed by atoms with E-state index in [9.17, 15) is 0 Å². The van der Waals surface area contributed by atoms with E-state index in [1.807, 2.05) is 12.1 Å². The van der Waals surface area contributed by atoms with Gasteiger partial charge in [0.1, 0.15) is 5.75 Å². The van der Waals surface area contributed by atoms with Crippen LogP contribution < -0.4 is 4.74 Å². The van der Waals surface area contributed by atoms with Gasteiger partial charge in [0.05, 0.1) is 6.61 Å². The average Bonchev–Trinajstić information content (AvgIpc) is 3.12. The van der Waals surface area contributed by atoms with Crippen molar-refractivity contribution in [3.05, 3.63) is 102 Å². The van der Waals surface area contributed by atoms with Crippen LogP contribution in [-0.2, 0) is 10.5 Å². The molecule has 5 rings (SSSR count). The summed E-state index contributed by atoms with van der Waals surface area (Å²) >= 11 is 0. The Morgan fingerprint density at radius 2 is 1.44 bits per heavy atom. The van der Waals surface area contributed by atoms with E-state index in [1.165, 1.54) is 11.1 Å². The van der Waals surface area contributed by atoms with Gasteiger partial charge in [-0.3, -0.25) is 0 Å². The second kappa shape index (κ2) is 5.75. The van der Waals surface area contributed by atoms with Gasteiger partial charge < -0.3 is 9.47 Å². The third kappa shape index (κ3) is 2.21. The molecule has 0 spiro atoms. The Labute approximate surface area is 148 Å². The average molecular weight is 328 g/mol. The minimum atomic E-state index is -0.698. The molecule has 0 aromatic heterocycles. The van der Waals surface area contributed by atoms with Crippen molar-refractivity contribution in [2.75, 3.05) is 6.61 Å². The lowest BCUT2D eigenvalue weighted by Crippen LogP contribution is -2.45. The summed E-state index contributed by atoms with van der Waals surface area (Å²) in [7, 11) is 0. The lowest BCUT2D eigenvalue weighted by atomic mass is 9.72.